The Labute approximate surface area is 115 Å². The van der Waals surface area contributed by atoms with Crippen LogP contribution in [-0.2, 0) is 13.1 Å². The third-order valence-electron chi connectivity index (χ3n) is 4.35. The monoisotopic (exact) mass is 263 g/mol. The van der Waals surface area contributed by atoms with Crippen molar-refractivity contribution in [2.45, 2.75) is 38.4 Å². The highest BCUT2D eigenvalue weighted by Gasteiger charge is 2.29. The maximum Gasteiger partial charge on any atom is 0.118 e. The molecule has 1 N–H and O–H groups in total. The summed E-state index contributed by atoms with van der Waals surface area (Å²) in [5, 5.41) is 3.12. The summed E-state index contributed by atoms with van der Waals surface area (Å²) in [5.41, 5.74) is 0. The van der Waals surface area contributed by atoms with E-state index in [1.165, 1.54) is 45.4 Å². The number of likely N-dealkylation sites (tertiary alicyclic amines) is 2. The zero-order valence-corrected chi connectivity index (χ0v) is 11.9. The highest BCUT2D eigenvalue weighted by atomic mass is 16.3. The Kier molecular flexibility index (Phi) is 4.21. The SMILES string of the molecule is CNCc1ccc(CN2CCC(N3CCCC3)C2)o1. The molecule has 0 aromatic carbocycles. The quantitative estimate of drug-likeness (QED) is 0.875. The lowest BCUT2D eigenvalue weighted by atomic mass is 10.2. The van der Waals surface area contributed by atoms with Crippen molar-refractivity contribution in [1.82, 2.24) is 15.1 Å². The number of hydrogen-bond acceptors (Lipinski definition) is 4. The number of rotatable bonds is 5. The van der Waals surface area contributed by atoms with E-state index in [2.05, 4.69) is 27.2 Å². The lowest BCUT2D eigenvalue weighted by Gasteiger charge is -2.23. The van der Waals surface area contributed by atoms with Crippen LogP contribution in [0, 0.1) is 0 Å². The van der Waals surface area contributed by atoms with Gasteiger partial charge in [-0.15, -0.1) is 0 Å². The van der Waals surface area contributed by atoms with Gasteiger partial charge < -0.3 is 9.73 Å². The molecule has 0 aliphatic carbocycles. The summed E-state index contributed by atoms with van der Waals surface area (Å²) in [4.78, 5) is 5.21. The maximum atomic E-state index is 5.83. The summed E-state index contributed by atoms with van der Waals surface area (Å²) in [6.45, 7) is 6.83. The molecule has 3 rings (SSSR count). The summed E-state index contributed by atoms with van der Waals surface area (Å²) in [7, 11) is 1.95. The minimum Gasteiger partial charge on any atom is -0.463 e. The molecule has 1 aromatic heterocycles. The molecule has 0 radical (unpaired) electrons. The summed E-state index contributed by atoms with van der Waals surface area (Å²) in [5.74, 6) is 2.14. The normalized spacial score (nSPS) is 25.4. The van der Waals surface area contributed by atoms with Gasteiger partial charge in [0, 0.05) is 19.1 Å². The smallest absolute Gasteiger partial charge is 0.118 e. The largest absolute Gasteiger partial charge is 0.463 e. The van der Waals surface area contributed by atoms with Crippen LogP contribution in [0.15, 0.2) is 16.5 Å². The highest BCUT2D eigenvalue weighted by molar-refractivity contribution is 5.07. The first kappa shape index (κ1) is 13.2. The first-order chi connectivity index (χ1) is 9.35. The van der Waals surface area contributed by atoms with Crippen LogP contribution in [0.4, 0.5) is 0 Å². The Balaban J connectivity index is 1.50. The Morgan fingerprint density at radius 2 is 2.00 bits per heavy atom. The van der Waals surface area contributed by atoms with Crippen molar-refractivity contribution >= 4 is 0 Å². The second kappa shape index (κ2) is 6.07. The van der Waals surface area contributed by atoms with Crippen molar-refractivity contribution < 1.29 is 4.42 Å². The molecule has 4 heteroatoms. The van der Waals surface area contributed by atoms with E-state index < -0.39 is 0 Å². The van der Waals surface area contributed by atoms with Crippen LogP contribution in [0.3, 0.4) is 0 Å². The molecule has 2 saturated heterocycles. The fourth-order valence-electron chi connectivity index (χ4n) is 3.36. The molecule has 0 spiro atoms. The topological polar surface area (TPSA) is 31.6 Å². The van der Waals surface area contributed by atoms with Crippen LogP contribution in [-0.4, -0.2) is 49.1 Å². The van der Waals surface area contributed by atoms with Crippen LogP contribution in [0.1, 0.15) is 30.8 Å². The zero-order chi connectivity index (χ0) is 13.1. The van der Waals surface area contributed by atoms with Gasteiger partial charge >= 0.3 is 0 Å². The van der Waals surface area contributed by atoms with Crippen molar-refractivity contribution in [3.8, 4) is 0 Å². The fourth-order valence-corrected chi connectivity index (χ4v) is 3.36. The van der Waals surface area contributed by atoms with Crippen molar-refractivity contribution in [3.05, 3.63) is 23.7 Å². The molecule has 1 aromatic rings. The predicted octanol–water partition coefficient (Wildman–Crippen LogP) is 1.67. The summed E-state index contributed by atoms with van der Waals surface area (Å²) >= 11 is 0. The molecule has 0 saturated carbocycles. The highest BCUT2D eigenvalue weighted by Crippen LogP contribution is 2.22. The van der Waals surface area contributed by atoms with Crippen LogP contribution in [0.5, 0.6) is 0 Å². The van der Waals surface area contributed by atoms with Crippen molar-refractivity contribution in [3.63, 3.8) is 0 Å². The van der Waals surface area contributed by atoms with E-state index in [-0.39, 0.29) is 0 Å². The van der Waals surface area contributed by atoms with Crippen LogP contribution < -0.4 is 5.32 Å². The molecule has 4 nitrogen and oxygen atoms in total. The van der Waals surface area contributed by atoms with Gasteiger partial charge in [0.2, 0.25) is 0 Å². The van der Waals surface area contributed by atoms with E-state index in [0.29, 0.717) is 0 Å². The van der Waals surface area contributed by atoms with Gasteiger partial charge in [-0.1, -0.05) is 0 Å². The third-order valence-corrected chi connectivity index (χ3v) is 4.35. The molecule has 3 heterocycles. The minimum absolute atomic E-state index is 0.786. The number of nitrogens with one attached hydrogen (secondary N) is 1. The molecule has 2 aliphatic heterocycles. The Morgan fingerprint density at radius 3 is 2.79 bits per heavy atom. The Hall–Kier alpha value is -0.840. The molecular weight excluding hydrogens is 238 g/mol. The third kappa shape index (κ3) is 3.19. The Morgan fingerprint density at radius 1 is 1.21 bits per heavy atom. The van der Waals surface area contributed by atoms with Gasteiger partial charge in [0.25, 0.3) is 0 Å². The Bertz CT molecular complexity index is 398. The molecule has 1 unspecified atom stereocenters. The van der Waals surface area contributed by atoms with Crippen LogP contribution in [0.25, 0.3) is 0 Å². The number of nitrogens with zero attached hydrogens (tertiary/aromatic N) is 2. The number of hydrogen-bond donors (Lipinski definition) is 1. The van der Waals surface area contributed by atoms with Crippen LogP contribution in [0.2, 0.25) is 0 Å². The average Bonchev–Trinajstić information content (AvgIpc) is 3.10. The molecule has 0 amide bonds. The molecule has 2 fully saturated rings. The molecule has 2 aliphatic rings. The predicted molar refractivity (Wildman–Crippen MR) is 76.0 cm³/mol. The van der Waals surface area contributed by atoms with E-state index in [1.54, 1.807) is 0 Å². The lowest BCUT2D eigenvalue weighted by molar-refractivity contribution is 0.222. The molecule has 1 atom stereocenters. The average molecular weight is 263 g/mol. The van der Waals surface area contributed by atoms with Gasteiger partial charge in [-0.25, -0.2) is 0 Å². The molecule has 0 bridgehead atoms. The van der Waals surface area contributed by atoms with Gasteiger partial charge in [0.05, 0.1) is 13.1 Å². The standard InChI is InChI=1S/C15H25N3O/c1-16-10-14-4-5-15(19-14)12-17-9-6-13(11-17)18-7-2-3-8-18/h4-5,13,16H,2-3,6-12H2,1H3. The summed E-state index contributed by atoms with van der Waals surface area (Å²) < 4.78 is 5.83. The van der Waals surface area contributed by atoms with E-state index in [4.69, 9.17) is 4.42 Å². The van der Waals surface area contributed by atoms with E-state index in [0.717, 1.165) is 30.7 Å². The van der Waals surface area contributed by atoms with Gasteiger partial charge in [-0.2, -0.15) is 0 Å². The van der Waals surface area contributed by atoms with Gasteiger partial charge in [-0.3, -0.25) is 9.80 Å². The van der Waals surface area contributed by atoms with E-state index >= 15 is 0 Å². The van der Waals surface area contributed by atoms with Gasteiger partial charge in [0.1, 0.15) is 11.5 Å². The van der Waals surface area contributed by atoms with E-state index in [1.807, 2.05) is 7.05 Å². The van der Waals surface area contributed by atoms with Crippen molar-refractivity contribution in [2.24, 2.45) is 0 Å². The van der Waals surface area contributed by atoms with Crippen LogP contribution >= 0.6 is 0 Å². The second-order valence-corrected chi connectivity index (χ2v) is 5.82. The van der Waals surface area contributed by atoms with Crippen molar-refractivity contribution in [2.75, 3.05) is 33.2 Å². The van der Waals surface area contributed by atoms with Gasteiger partial charge in [-0.05, 0) is 51.5 Å². The molecular formula is C15H25N3O. The maximum absolute atomic E-state index is 5.83. The van der Waals surface area contributed by atoms with E-state index in [9.17, 15) is 0 Å². The lowest BCUT2D eigenvalue weighted by Crippen LogP contribution is -2.35. The second-order valence-electron chi connectivity index (χ2n) is 5.82. The first-order valence-electron chi connectivity index (χ1n) is 7.54. The van der Waals surface area contributed by atoms with Gasteiger partial charge in [0.15, 0.2) is 0 Å². The fraction of sp³-hybridized carbons (Fsp3) is 0.733. The number of furan rings is 1. The summed E-state index contributed by atoms with van der Waals surface area (Å²) in [6.07, 6.45) is 4.11. The molecule has 106 valence electrons. The van der Waals surface area contributed by atoms with Crippen molar-refractivity contribution in [1.29, 1.82) is 0 Å². The first-order valence-corrected chi connectivity index (χ1v) is 7.54. The summed E-state index contributed by atoms with van der Waals surface area (Å²) in [6, 6.07) is 4.99. The minimum atomic E-state index is 0.786. The molecule has 19 heavy (non-hydrogen) atoms. The zero-order valence-electron chi connectivity index (χ0n) is 11.9.